The van der Waals surface area contributed by atoms with Crippen LogP contribution in [0.3, 0.4) is 0 Å². The number of fused-ring (bicyclic) bond motifs is 1. The van der Waals surface area contributed by atoms with Crippen molar-refractivity contribution in [2.75, 3.05) is 38.7 Å². The highest BCUT2D eigenvalue weighted by Crippen LogP contribution is 2.25. The Morgan fingerprint density at radius 2 is 1.84 bits per heavy atom. The number of carbonyl (C=O) groups is 2. The molecule has 3 aromatic rings. The van der Waals surface area contributed by atoms with E-state index in [0.717, 1.165) is 5.56 Å². The highest BCUT2D eigenvalue weighted by atomic mass is 16.5. The average Bonchev–Trinajstić information content (AvgIpc) is 2.81. The minimum atomic E-state index is -0.410. The summed E-state index contributed by atoms with van der Waals surface area (Å²) in [5.74, 6) is -0.0382. The van der Waals surface area contributed by atoms with E-state index in [-0.39, 0.29) is 18.4 Å². The lowest BCUT2D eigenvalue weighted by atomic mass is 10.1. The Balaban J connectivity index is 1.66. The van der Waals surface area contributed by atoms with Crippen molar-refractivity contribution < 1.29 is 19.1 Å². The lowest BCUT2D eigenvalue weighted by molar-refractivity contribution is -0.116. The predicted octanol–water partition coefficient (Wildman–Crippen LogP) is 2.43. The molecule has 8 nitrogen and oxygen atoms in total. The molecule has 0 unspecified atom stereocenters. The van der Waals surface area contributed by atoms with Crippen molar-refractivity contribution in [1.29, 1.82) is 0 Å². The molecule has 166 valence electrons. The van der Waals surface area contributed by atoms with Crippen LogP contribution in [0.5, 0.6) is 5.75 Å². The van der Waals surface area contributed by atoms with Crippen molar-refractivity contribution in [3.8, 4) is 5.75 Å². The number of hydrogen-bond donors (Lipinski definition) is 1. The number of benzene rings is 2. The minimum Gasteiger partial charge on any atom is -0.495 e. The third kappa shape index (κ3) is 4.36. The van der Waals surface area contributed by atoms with Gasteiger partial charge in [0.05, 0.1) is 37.1 Å². The van der Waals surface area contributed by atoms with Crippen LogP contribution in [0.1, 0.15) is 15.9 Å². The van der Waals surface area contributed by atoms with Crippen LogP contribution in [0.2, 0.25) is 0 Å². The number of pyridine rings is 1. The second-order valence-electron chi connectivity index (χ2n) is 7.66. The Morgan fingerprint density at radius 3 is 2.59 bits per heavy atom. The molecular formula is C24H25N3O5. The zero-order valence-corrected chi connectivity index (χ0v) is 18.1. The third-order valence-corrected chi connectivity index (χ3v) is 5.48. The van der Waals surface area contributed by atoms with Crippen LogP contribution in [0.4, 0.5) is 5.69 Å². The summed E-state index contributed by atoms with van der Waals surface area (Å²) in [5, 5.41) is 3.45. The minimum absolute atomic E-state index is 0.192. The Hall–Kier alpha value is -3.65. The number of aromatic nitrogens is 1. The summed E-state index contributed by atoms with van der Waals surface area (Å²) in [7, 11) is 1.53. The lowest BCUT2D eigenvalue weighted by Crippen LogP contribution is -2.41. The number of hydrogen-bond acceptors (Lipinski definition) is 5. The molecule has 0 aliphatic carbocycles. The van der Waals surface area contributed by atoms with Gasteiger partial charge in [0.15, 0.2) is 0 Å². The summed E-state index contributed by atoms with van der Waals surface area (Å²) in [6.45, 7) is 3.64. The topological polar surface area (TPSA) is 89.9 Å². The lowest BCUT2D eigenvalue weighted by Gasteiger charge is -2.27. The monoisotopic (exact) mass is 435 g/mol. The van der Waals surface area contributed by atoms with Crippen LogP contribution in [0.25, 0.3) is 10.9 Å². The molecule has 0 radical (unpaired) electrons. The molecule has 2 amide bonds. The molecule has 1 aliphatic rings. The SMILES string of the molecule is COc1ccc(C)cc1NC(=O)Cn1c(=O)cc(C(=O)N2CCOCC2)c2ccccc21. The fraction of sp³-hybridized carbons (Fsp3) is 0.292. The molecule has 1 aliphatic heterocycles. The maximum absolute atomic E-state index is 13.1. The van der Waals surface area contributed by atoms with Crippen LogP contribution in [-0.4, -0.2) is 54.7 Å². The summed E-state index contributed by atoms with van der Waals surface area (Å²) >= 11 is 0. The molecule has 0 atom stereocenters. The molecule has 1 fully saturated rings. The molecular weight excluding hydrogens is 410 g/mol. The first-order valence-corrected chi connectivity index (χ1v) is 10.4. The van der Waals surface area contributed by atoms with Gasteiger partial charge in [-0.25, -0.2) is 0 Å². The normalized spacial score (nSPS) is 13.8. The zero-order chi connectivity index (χ0) is 22.7. The Bertz CT molecular complexity index is 1230. The molecule has 32 heavy (non-hydrogen) atoms. The van der Waals surface area contributed by atoms with Gasteiger partial charge in [-0.15, -0.1) is 0 Å². The van der Waals surface area contributed by atoms with Gasteiger partial charge in [-0.2, -0.15) is 0 Å². The highest BCUT2D eigenvalue weighted by Gasteiger charge is 2.22. The van der Waals surface area contributed by atoms with Gasteiger partial charge in [0.1, 0.15) is 12.3 Å². The van der Waals surface area contributed by atoms with Crippen LogP contribution in [0.15, 0.2) is 53.3 Å². The fourth-order valence-electron chi connectivity index (χ4n) is 3.86. The van der Waals surface area contributed by atoms with Gasteiger partial charge in [0.25, 0.3) is 11.5 Å². The largest absolute Gasteiger partial charge is 0.495 e. The van der Waals surface area contributed by atoms with E-state index in [9.17, 15) is 14.4 Å². The third-order valence-electron chi connectivity index (χ3n) is 5.48. The van der Waals surface area contributed by atoms with E-state index in [1.807, 2.05) is 25.1 Å². The zero-order valence-electron chi connectivity index (χ0n) is 18.1. The van der Waals surface area contributed by atoms with Gasteiger partial charge in [0.2, 0.25) is 5.91 Å². The molecule has 2 aromatic carbocycles. The molecule has 0 bridgehead atoms. The van der Waals surface area contributed by atoms with Crippen LogP contribution < -0.4 is 15.6 Å². The molecule has 0 spiro atoms. The fourth-order valence-corrected chi connectivity index (χ4v) is 3.86. The number of morpholine rings is 1. The second kappa shape index (κ2) is 9.23. The standard InChI is InChI=1S/C24H25N3O5/c1-16-7-8-21(31-2)19(13-16)25-22(28)15-27-20-6-4-3-5-17(20)18(14-23(27)29)24(30)26-9-11-32-12-10-26/h3-8,13-14H,9-12,15H2,1-2H3,(H,25,28). The molecule has 1 saturated heterocycles. The number of para-hydroxylation sites is 1. The first-order chi connectivity index (χ1) is 15.5. The number of anilines is 1. The summed E-state index contributed by atoms with van der Waals surface area (Å²) in [6.07, 6.45) is 0. The molecule has 4 rings (SSSR count). The van der Waals surface area contributed by atoms with E-state index >= 15 is 0 Å². The Labute approximate surface area is 185 Å². The summed E-state index contributed by atoms with van der Waals surface area (Å²) in [6, 6.07) is 13.9. The van der Waals surface area contributed by atoms with Crippen molar-refractivity contribution in [2.24, 2.45) is 0 Å². The van der Waals surface area contributed by atoms with Gasteiger partial charge in [0, 0.05) is 24.5 Å². The van der Waals surface area contributed by atoms with Crippen LogP contribution in [-0.2, 0) is 16.1 Å². The maximum Gasteiger partial charge on any atom is 0.254 e. The first kappa shape index (κ1) is 21.6. The van der Waals surface area contributed by atoms with E-state index in [2.05, 4.69) is 5.32 Å². The van der Waals surface area contributed by atoms with Gasteiger partial charge in [-0.05, 0) is 30.7 Å². The molecule has 0 saturated carbocycles. The summed E-state index contributed by atoms with van der Waals surface area (Å²) < 4.78 is 12.0. The van der Waals surface area contributed by atoms with Crippen molar-refractivity contribution in [1.82, 2.24) is 9.47 Å². The van der Waals surface area contributed by atoms with E-state index in [4.69, 9.17) is 9.47 Å². The number of aryl methyl sites for hydroxylation is 1. The number of carbonyl (C=O) groups excluding carboxylic acids is 2. The first-order valence-electron chi connectivity index (χ1n) is 10.4. The second-order valence-corrected chi connectivity index (χ2v) is 7.66. The van der Waals surface area contributed by atoms with Gasteiger partial charge in [-0.1, -0.05) is 24.3 Å². The van der Waals surface area contributed by atoms with Gasteiger partial charge in [-0.3, -0.25) is 19.0 Å². The number of nitrogens with one attached hydrogen (secondary N) is 1. The van der Waals surface area contributed by atoms with Gasteiger partial charge < -0.3 is 19.7 Å². The predicted molar refractivity (Wildman–Crippen MR) is 121 cm³/mol. The smallest absolute Gasteiger partial charge is 0.254 e. The average molecular weight is 435 g/mol. The van der Waals surface area contributed by atoms with Crippen molar-refractivity contribution in [3.05, 3.63) is 70.0 Å². The van der Waals surface area contributed by atoms with Gasteiger partial charge >= 0.3 is 0 Å². The Morgan fingerprint density at radius 1 is 1.09 bits per heavy atom. The van der Waals surface area contributed by atoms with Crippen molar-refractivity contribution >= 4 is 28.4 Å². The van der Waals surface area contributed by atoms with Crippen molar-refractivity contribution in [3.63, 3.8) is 0 Å². The van der Waals surface area contributed by atoms with E-state index in [1.165, 1.54) is 17.7 Å². The van der Waals surface area contributed by atoms with Crippen molar-refractivity contribution in [2.45, 2.75) is 13.5 Å². The number of nitrogens with zero attached hydrogens (tertiary/aromatic N) is 2. The van der Waals surface area contributed by atoms with E-state index < -0.39 is 5.56 Å². The number of rotatable bonds is 5. The Kier molecular flexibility index (Phi) is 6.23. The summed E-state index contributed by atoms with van der Waals surface area (Å²) in [4.78, 5) is 40.5. The van der Waals surface area contributed by atoms with E-state index in [0.29, 0.717) is 54.2 Å². The molecule has 1 aromatic heterocycles. The highest BCUT2D eigenvalue weighted by molar-refractivity contribution is 6.06. The van der Waals surface area contributed by atoms with Crippen LogP contribution in [0, 0.1) is 6.92 Å². The number of methoxy groups -OCH3 is 1. The number of ether oxygens (including phenoxy) is 2. The molecule has 1 N–H and O–H groups in total. The van der Waals surface area contributed by atoms with Crippen LogP contribution >= 0.6 is 0 Å². The quantitative estimate of drug-likeness (QED) is 0.665. The number of amides is 2. The van der Waals surface area contributed by atoms with E-state index in [1.54, 1.807) is 29.2 Å². The summed E-state index contributed by atoms with van der Waals surface area (Å²) in [5.41, 5.74) is 1.96. The molecule has 2 heterocycles. The maximum atomic E-state index is 13.1. The molecule has 8 heteroatoms.